The third-order valence-electron chi connectivity index (χ3n) is 4.88. The molecule has 1 aliphatic rings. The summed E-state index contributed by atoms with van der Waals surface area (Å²) in [4.78, 5) is 24.6. The molecular weight excluding hydrogens is 417 g/mol. The van der Waals surface area contributed by atoms with Gasteiger partial charge in [-0.25, -0.2) is 9.18 Å². The summed E-state index contributed by atoms with van der Waals surface area (Å²) in [5.74, 6) is -0.759. The van der Waals surface area contributed by atoms with E-state index in [9.17, 15) is 14.0 Å². The van der Waals surface area contributed by atoms with Crippen molar-refractivity contribution in [2.24, 2.45) is 0 Å². The van der Waals surface area contributed by atoms with Crippen molar-refractivity contribution in [1.82, 2.24) is 26.0 Å². The second-order valence-electron chi connectivity index (χ2n) is 7.23. The smallest absolute Gasteiger partial charge is 0.414 e. The first kappa shape index (κ1) is 18.9. The first-order valence-electron chi connectivity index (χ1n) is 11.0. The van der Waals surface area contributed by atoms with Crippen LogP contribution >= 0.6 is 0 Å². The van der Waals surface area contributed by atoms with Gasteiger partial charge in [-0.2, -0.15) is 15.4 Å². The highest BCUT2D eigenvalue weighted by atomic mass is 19.1. The number of anilines is 1. The first-order chi connectivity index (χ1) is 16.2. The highest BCUT2D eigenvalue weighted by Crippen LogP contribution is 2.29. The second-order valence-corrected chi connectivity index (χ2v) is 7.23. The van der Waals surface area contributed by atoms with E-state index in [2.05, 4.69) is 26.0 Å². The van der Waals surface area contributed by atoms with Gasteiger partial charge in [0.05, 0.1) is 30.7 Å². The summed E-state index contributed by atoms with van der Waals surface area (Å²) in [5.41, 5.74) is 2.18. The molecule has 9 nitrogen and oxygen atoms in total. The Bertz CT molecular complexity index is 1170. The number of cyclic esters (lactones) is 1. The number of hydrogen-bond acceptors (Lipinski definition) is 6. The molecule has 0 spiro atoms. The van der Waals surface area contributed by atoms with Crippen molar-refractivity contribution < 1.29 is 21.5 Å². The molecule has 32 heavy (non-hydrogen) atoms. The zero-order valence-corrected chi connectivity index (χ0v) is 17.3. The van der Waals surface area contributed by atoms with E-state index >= 15 is 0 Å². The molecule has 166 valence electrons. The Balaban J connectivity index is 1.44. The van der Waals surface area contributed by atoms with Crippen LogP contribution in [0, 0.1) is 5.82 Å². The zero-order chi connectivity index (χ0) is 24.3. The molecule has 2 aromatic carbocycles. The fourth-order valence-corrected chi connectivity index (χ4v) is 3.28. The lowest BCUT2D eigenvalue weighted by atomic mass is 10.0. The number of ether oxygens (including phenoxy) is 1. The van der Waals surface area contributed by atoms with Crippen molar-refractivity contribution >= 4 is 17.7 Å². The lowest BCUT2D eigenvalue weighted by Gasteiger charge is -2.15. The molecule has 0 bridgehead atoms. The Labute approximate surface area is 186 Å². The van der Waals surface area contributed by atoms with Crippen LogP contribution in [0.15, 0.2) is 48.7 Å². The average Bonchev–Trinajstić information content (AvgIpc) is 3.46. The number of nitrogens with one attached hydrogen (secondary N) is 3. The number of rotatable bonds is 8. The van der Waals surface area contributed by atoms with Crippen molar-refractivity contribution in [2.75, 3.05) is 18.0 Å². The van der Waals surface area contributed by atoms with Crippen LogP contribution in [0.4, 0.5) is 14.9 Å². The van der Waals surface area contributed by atoms with Gasteiger partial charge in [0.25, 0.3) is 0 Å². The fourth-order valence-electron chi connectivity index (χ4n) is 3.28. The minimum atomic E-state index is -1.83. The maximum absolute atomic E-state index is 14.9. The van der Waals surface area contributed by atoms with E-state index in [4.69, 9.17) is 7.48 Å². The molecule has 1 atom stereocenters. The summed E-state index contributed by atoms with van der Waals surface area (Å²) in [7, 11) is 0. The van der Waals surface area contributed by atoms with Gasteiger partial charge in [0, 0.05) is 28.3 Å². The SMILES string of the molecule is [2H][13C]([2H])([15NH]Cc1cn[nH]n1)c1ccc(-c2ccc(N3C[C@H](CNC(C)=O)OC3=O)cc2F)cc1. The predicted octanol–water partition coefficient (Wildman–Crippen LogP) is 2.36. The first-order valence-corrected chi connectivity index (χ1v) is 9.95. The minimum Gasteiger partial charge on any atom is -0.442 e. The molecule has 3 aromatic rings. The highest BCUT2D eigenvalue weighted by Gasteiger charge is 2.32. The van der Waals surface area contributed by atoms with Crippen LogP contribution in [0.5, 0.6) is 0 Å². The molecule has 0 aliphatic carbocycles. The Kier molecular flexibility index (Phi) is 5.66. The predicted molar refractivity (Wildman–Crippen MR) is 115 cm³/mol. The van der Waals surface area contributed by atoms with Gasteiger partial charge >= 0.3 is 6.09 Å². The van der Waals surface area contributed by atoms with Crippen LogP contribution in [0.2, 0.25) is 0 Å². The summed E-state index contributed by atoms with van der Waals surface area (Å²) >= 11 is 0. The Hall–Kier alpha value is -3.79. The lowest BCUT2D eigenvalue weighted by Crippen LogP contribution is -2.33. The lowest BCUT2D eigenvalue weighted by molar-refractivity contribution is -0.119. The molecule has 4 rings (SSSR count). The van der Waals surface area contributed by atoms with Gasteiger partial charge in [-0.15, -0.1) is 0 Å². The summed E-state index contributed by atoms with van der Waals surface area (Å²) in [6, 6.07) is 10.9. The normalized spacial score (nSPS) is 17.0. The molecule has 0 unspecified atom stereocenters. The Morgan fingerprint density at radius 2 is 2.16 bits per heavy atom. The summed E-state index contributed by atoms with van der Waals surface area (Å²) < 4.78 is 36.7. The van der Waals surface area contributed by atoms with Crippen LogP contribution in [0.1, 0.15) is 20.9 Å². The summed E-state index contributed by atoms with van der Waals surface area (Å²) in [5, 5.41) is 15.4. The average molecular weight is 442 g/mol. The molecule has 0 radical (unpaired) electrons. The Morgan fingerprint density at radius 1 is 1.34 bits per heavy atom. The third-order valence-corrected chi connectivity index (χ3v) is 4.88. The molecule has 1 saturated heterocycles. The van der Waals surface area contributed by atoms with E-state index in [1.807, 2.05) is 0 Å². The minimum absolute atomic E-state index is 0.186. The van der Waals surface area contributed by atoms with Crippen LogP contribution < -0.4 is 15.5 Å². The molecule has 1 aliphatic heterocycles. The largest absolute Gasteiger partial charge is 0.442 e. The van der Waals surface area contributed by atoms with Gasteiger partial charge in [0.2, 0.25) is 5.91 Å². The zero-order valence-electron chi connectivity index (χ0n) is 19.3. The number of carbonyl (C=O) groups is 2. The number of carbonyl (C=O) groups excluding carboxylic acids is 2. The van der Waals surface area contributed by atoms with Crippen molar-refractivity contribution in [3.63, 3.8) is 0 Å². The topological polar surface area (TPSA) is 112 Å². The van der Waals surface area contributed by atoms with Crippen LogP contribution in [0.3, 0.4) is 0 Å². The van der Waals surface area contributed by atoms with Crippen LogP contribution in [0.25, 0.3) is 11.1 Å². The van der Waals surface area contributed by atoms with Gasteiger partial charge in [-0.05, 0) is 29.3 Å². The number of aromatic amines is 1. The van der Waals surface area contributed by atoms with Crippen molar-refractivity contribution in [3.8, 4) is 11.1 Å². The van der Waals surface area contributed by atoms with Gasteiger partial charge in [0.1, 0.15) is 11.9 Å². The molecule has 1 aromatic heterocycles. The molecule has 2 heterocycles. The number of amides is 2. The monoisotopic (exact) mass is 442 g/mol. The standard InChI is InChI=1S/C22H23FN6O3/c1-14(30)25-12-19-13-29(22(31)32-19)18-6-7-20(21(23)8-18)16-4-2-15(3-5-16)9-24-10-17-11-26-28-27-17/h2-8,11,19,24H,9-10,12-13H2,1H3,(H,25,30)(H,26,27,28)/t19-/m0/s1/i9+1D2,24+1. The molecular formula is C22H23FN6O3. The second kappa shape index (κ2) is 9.56. The van der Waals surface area contributed by atoms with E-state index in [-0.39, 0.29) is 25.5 Å². The van der Waals surface area contributed by atoms with Crippen molar-refractivity contribution in [2.45, 2.75) is 26.1 Å². The highest BCUT2D eigenvalue weighted by molar-refractivity contribution is 5.90. The van der Waals surface area contributed by atoms with Crippen molar-refractivity contribution in [3.05, 3.63) is 65.7 Å². The third kappa shape index (κ3) is 5.09. The van der Waals surface area contributed by atoms with E-state index in [1.54, 1.807) is 36.4 Å². The Morgan fingerprint density at radius 3 is 2.84 bits per heavy atom. The number of hydrogen-bond donors (Lipinski definition) is 3. The molecule has 10 heteroatoms. The van der Waals surface area contributed by atoms with Gasteiger partial charge < -0.3 is 15.4 Å². The van der Waals surface area contributed by atoms with E-state index in [0.717, 1.165) is 0 Å². The quantitative estimate of drug-likeness (QED) is 0.365. The number of nitrogens with zero attached hydrogens (tertiary/aromatic N) is 3. The van der Waals surface area contributed by atoms with Crippen molar-refractivity contribution in [1.29, 1.82) is 0 Å². The maximum Gasteiger partial charge on any atom is 0.414 e. The maximum atomic E-state index is 14.9. The van der Waals surface area contributed by atoms with Gasteiger partial charge in [-0.3, -0.25) is 9.69 Å². The molecule has 2 amide bonds. The summed E-state index contributed by atoms with van der Waals surface area (Å²) in [6.07, 6.45) is 0.385. The van der Waals surface area contributed by atoms with Gasteiger partial charge in [0.15, 0.2) is 0 Å². The van der Waals surface area contributed by atoms with Crippen LogP contribution in [-0.2, 0) is 22.6 Å². The van der Waals surface area contributed by atoms with E-state index in [0.29, 0.717) is 28.1 Å². The summed E-state index contributed by atoms with van der Waals surface area (Å²) in [6.45, 7) is 0.114. The molecule has 1 fully saturated rings. The van der Waals surface area contributed by atoms with E-state index < -0.39 is 24.5 Å². The molecule has 0 saturated carbocycles. The van der Waals surface area contributed by atoms with Gasteiger partial charge in [-0.1, -0.05) is 24.3 Å². The fraction of sp³-hybridized carbons (Fsp3) is 0.273. The van der Waals surface area contributed by atoms with Crippen LogP contribution in [-0.4, -0.2) is 46.6 Å². The number of aromatic nitrogens is 3. The number of benzene rings is 2. The number of halogens is 1. The van der Waals surface area contributed by atoms with E-state index in [1.165, 1.54) is 24.1 Å². The molecule has 3 N–H and O–H groups in total. The number of H-pyrrole nitrogens is 1.